The Morgan fingerprint density at radius 2 is 2.14 bits per heavy atom. The first-order chi connectivity index (χ1) is 10.0. The fourth-order valence-electron chi connectivity index (χ4n) is 2.41. The van der Waals surface area contributed by atoms with E-state index in [9.17, 15) is 4.79 Å². The van der Waals surface area contributed by atoms with E-state index in [0.29, 0.717) is 32.8 Å². The van der Waals surface area contributed by atoms with Gasteiger partial charge >= 0.3 is 0 Å². The molecule has 21 heavy (non-hydrogen) atoms. The van der Waals surface area contributed by atoms with Gasteiger partial charge in [-0.15, -0.1) is 0 Å². The van der Waals surface area contributed by atoms with Crippen LogP contribution in [0.3, 0.4) is 0 Å². The van der Waals surface area contributed by atoms with Gasteiger partial charge in [0.05, 0.1) is 35.1 Å². The summed E-state index contributed by atoms with van der Waals surface area (Å²) < 4.78 is 8.17. The maximum atomic E-state index is 12.3. The zero-order valence-corrected chi connectivity index (χ0v) is 14.4. The van der Waals surface area contributed by atoms with Crippen LogP contribution < -0.4 is 5.32 Å². The fraction of sp³-hybridized carbons (Fsp3) is 0.714. The Balaban J connectivity index is 1.93. The van der Waals surface area contributed by atoms with Crippen molar-refractivity contribution in [2.45, 2.75) is 32.9 Å². The smallest absolute Gasteiger partial charge is 0.239 e. The van der Waals surface area contributed by atoms with Gasteiger partial charge < -0.3 is 15.0 Å². The molecule has 1 atom stereocenters. The molecule has 118 valence electrons. The van der Waals surface area contributed by atoms with Crippen LogP contribution in [0.5, 0.6) is 0 Å². The summed E-state index contributed by atoms with van der Waals surface area (Å²) in [5, 5.41) is 7.75. The number of nitrogens with zero attached hydrogens (tertiary/aromatic N) is 3. The summed E-state index contributed by atoms with van der Waals surface area (Å²) in [5.41, 5.74) is 2.11. The second kappa shape index (κ2) is 7.38. The lowest BCUT2D eigenvalue weighted by atomic mass is 10.2. The molecule has 1 aliphatic rings. The highest BCUT2D eigenvalue weighted by Gasteiger charge is 2.22. The van der Waals surface area contributed by atoms with Gasteiger partial charge in [0.2, 0.25) is 5.91 Å². The van der Waals surface area contributed by atoms with E-state index < -0.39 is 0 Å². The lowest BCUT2D eigenvalue weighted by molar-refractivity contribution is -0.137. The molecule has 0 aliphatic carbocycles. The molecule has 0 bridgehead atoms. The zero-order valence-electron chi connectivity index (χ0n) is 12.9. The number of hydrogen-bond donors (Lipinski definition) is 1. The van der Waals surface area contributed by atoms with Crippen LogP contribution in [0, 0.1) is 0 Å². The van der Waals surface area contributed by atoms with Gasteiger partial charge in [0.25, 0.3) is 0 Å². The molecule has 6 nitrogen and oxygen atoms in total. The zero-order chi connectivity index (χ0) is 15.4. The third-order valence-electron chi connectivity index (χ3n) is 3.77. The molecular formula is C14H23BrN4O2. The van der Waals surface area contributed by atoms with E-state index >= 15 is 0 Å². The number of aromatic nitrogens is 2. The van der Waals surface area contributed by atoms with Crippen molar-refractivity contribution in [3.63, 3.8) is 0 Å². The van der Waals surface area contributed by atoms with Crippen LogP contribution in [0.4, 0.5) is 0 Å². The van der Waals surface area contributed by atoms with Crippen molar-refractivity contribution < 1.29 is 9.53 Å². The first-order valence-electron chi connectivity index (χ1n) is 7.34. The largest absolute Gasteiger partial charge is 0.378 e. The molecule has 1 aromatic rings. The van der Waals surface area contributed by atoms with Gasteiger partial charge in [-0.1, -0.05) is 6.92 Å². The SMILES string of the molecule is CCc1nn(C)c(CNC(C)C(=O)N2CCOCC2)c1Br. The normalized spacial score (nSPS) is 17.0. The maximum Gasteiger partial charge on any atom is 0.239 e. The number of hydrogen-bond acceptors (Lipinski definition) is 4. The van der Waals surface area contributed by atoms with Crippen molar-refractivity contribution in [1.29, 1.82) is 0 Å². The van der Waals surface area contributed by atoms with Crippen LogP contribution in [0.1, 0.15) is 25.2 Å². The average Bonchev–Trinajstić information content (AvgIpc) is 2.79. The molecule has 0 spiro atoms. The molecule has 1 unspecified atom stereocenters. The summed E-state index contributed by atoms with van der Waals surface area (Å²) in [7, 11) is 1.93. The number of nitrogens with one attached hydrogen (secondary N) is 1. The highest BCUT2D eigenvalue weighted by atomic mass is 79.9. The minimum absolute atomic E-state index is 0.132. The monoisotopic (exact) mass is 358 g/mol. The van der Waals surface area contributed by atoms with Crippen LogP contribution >= 0.6 is 15.9 Å². The predicted octanol–water partition coefficient (Wildman–Crippen LogP) is 1.08. The van der Waals surface area contributed by atoms with E-state index in [0.717, 1.165) is 22.3 Å². The molecule has 1 amide bonds. The van der Waals surface area contributed by atoms with Crippen molar-refractivity contribution >= 4 is 21.8 Å². The first-order valence-corrected chi connectivity index (χ1v) is 8.14. The molecule has 1 aliphatic heterocycles. The number of carbonyl (C=O) groups excluding carboxylic acids is 1. The van der Waals surface area contributed by atoms with E-state index in [1.807, 2.05) is 23.6 Å². The number of halogens is 1. The van der Waals surface area contributed by atoms with Crippen LogP contribution in [-0.2, 0) is 29.5 Å². The molecule has 1 fully saturated rings. The molecule has 1 aromatic heterocycles. The Morgan fingerprint density at radius 3 is 2.71 bits per heavy atom. The molecule has 2 heterocycles. The Hall–Kier alpha value is -0.920. The highest BCUT2D eigenvalue weighted by Crippen LogP contribution is 2.21. The van der Waals surface area contributed by atoms with Crippen molar-refractivity contribution in [2.75, 3.05) is 26.3 Å². The van der Waals surface area contributed by atoms with Crippen molar-refractivity contribution in [3.8, 4) is 0 Å². The van der Waals surface area contributed by atoms with Crippen LogP contribution in [-0.4, -0.2) is 52.9 Å². The quantitative estimate of drug-likeness (QED) is 0.855. The third kappa shape index (κ3) is 3.84. The predicted molar refractivity (Wildman–Crippen MR) is 84.0 cm³/mol. The molecule has 0 radical (unpaired) electrons. The van der Waals surface area contributed by atoms with Crippen LogP contribution in [0.15, 0.2) is 4.47 Å². The topological polar surface area (TPSA) is 59.4 Å². The van der Waals surface area contributed by atoms with Gasteiger partial charge in [0.1, 0.15) is 0 Å². The molecule has 2 rings (SSSR count). The van der Waals surface area contributed by atoms with Crippen LogP contribution in [0.25, 0.3) is 0 Å². The molecule has 0 saturated carbocycles. The fourth-order valence-corrected chi connectivity index (χ4v) is 3.16. The molecule has 7 heteroatoms. The lowest BCUT2D eigenvalue weighted by Crippen LogP contribution is -2.49. The third-order valence-corrected chi connectivity index (χ3v) is 4.69. The molecule has 1 N–H and O–H groups in total. The Kier molecular flexibility index (Phi) is 5.78. The average molecular weight is 359 g/mol. The summed E-state index contributed by atoms with van der Waals surface area (Å²) in [6.45, 7) is 7.22. The van der Waals surface area contributed by atoms with E-state index in [4.69, 9.17) is 4.74 Å². The highest BCUT2D eigenvalue weighted by molar-refractivity contribution is 9.10. The van der Waals surface area contributed by atoms with Crippen molar-refractivity contribution in [2.24, 2.45) is 7.05 Å². The van der Waals surface area contributed by atoms with Gasteiger partial charge in [0, 0.05) is 26.7 Å². The lowest BCUT2D eigenvalue weighted by Gasteiger charge is -2.29. The van der Waals surface area contributed by atoms with Crippen molar-refractivity contribution in [3.05, 3.63) is 15.9 Å². The van der Waals surface area contributed by atoms with Gasteiger partial charge in [0.15, 0.2) is 0 Å². The number of morpholine rings is 1. The standard InChI is InChI=1S/C14H23BrN4O2/c1-4-11-13(15)12(18(3)17-11)9-16-10(2)14(20)19-5-7-21-8-6-19/h10,16H,4-9H2,1-3H3. The summed E-state index contributed by atoms with van der Waals surface area (Å²) in [6.07, 6.45) is 0.886. The molecule has 0 aromatic carbocycles. The van der Waals surface area contributed by atoms with E-state index in [1.54, 1.807) is 0 Å². The minimum Gasteiger partial charge on any atom is -0.378 e. The number of aryl methyl sites for hydroxylation is 2. The second-order valence-electron chi connectivity index (χ2n) is 5.22. The first kappa shape index (κ1) is 16.5. The minimum atomic E-state index is -0.213. The second-order valence-corrected chi connectivity index (χ2v) is 6.02. The van der Waals surface area contributed by atoms with E-state index in [2.05, 4.69) is 33.3 Å². The van der Waals surface area contributed by atoms with Gasteiger partial charge in [-0.25, -0.2) is 0 Å². The Bertz CT molecular complexity index is 497. The molecular weight excluding hydrogens is 336 g/mol. The Labute approximate surface area is 133 Å². The maximum absolute atomic E-state index is 12.3. The molecule has 1 saturated heterocycles. The summed E-state index contributed by atoms with van der Waals surface area (Å²) in [6, 6.07) is -0.213. The Morgan fingerprint density at radius 1 is 1.48 bits per heavy atom. The van der Waals surface area contributed by atoms with Crippen LogP contribution in [0.2, 0.25) is 0 Å². The summed E-state index contributed by atoms with van der Waals surface area (Å²) in [5.74, 6) is 0.132. The number of amides is 1. The number of carbonyl (C=O) groups is 1. The van der Waals surface area contributed by atoms with E-state index in [-0.39, 0.29) is 11.9 Å². The summed E-state index contributed by atoms with van der Waals surface area (Å²) in [4.78, 5) is 14.2. The number of rotatable bonds is 5. The summed E-state index contributed by atoms with van der Waals surface area (Å²) >= 11 is 3.59. The van der Waals surface area contributed by atoms with Gasteiger partial charge in [-0.2, -0.15) is 5.10 Å². The van der Waals surface area contributed by atoms with Crippen molar-refractivity contribution in [1.82, 2.24) is 20.0 Å². The van der Waals surface area contributed by atoms with Gasteiger partial charge in [-0.05, 0) is 29.3 Å². The number of ether oxygens (including phenoxy) is 1. The van der Waals surface area contributed by atoms with Gasteiger partial charge in [-0.3, -0.25) is 9.48 Å². The van der Waals surface area contributed by atoms with E-state index in [1.165, 1.54) is 0 Å².